The van der Waals surface area contributed by atoms with Crippen molar-refractivity contribution in [2.45, 2.75) is 13.5 Å². The van der Waals surface area contributed by atoms with Gasteiger partial charge in [-0.05, 0) is 6.92 Å². The second-order valence-corrected chi connectivity index (χ2v) is 1.75. The molecular weight excluding hydrogens is 154 g/mol. The molecule has 0 amide bonds. The first-order chi connectivity index (χ1) is 5.85. The summed E-state index contributed by atoms with van der Waals surface area (Å²) in [6.45, 7) is 3.15. The smallest absolute Gasteiger partial charge is 0.241 e. The first-order valence-electron chi connectivity index (χ1n) is 3.34. The quantitative estimate of drug-likeness (QED) is 0.366. The first-order valence-corrected chi connectivity index (χ1v) is 3.34. The van der Waals surface area contributed by atoms with Crippen LogP contribution in [0.5, 0.6) is 0 Å². The predicted octanol–water partition coefficient (Wildman–Crippen LogP) is 0.533. The Balaban J connectivity index is 0.000000217. The molecule has 0 aromatic carbocycles. The molecule has 1 N–H and O–H groups in total. The van der Waals surface area contributed by atoms with Gasteiger partial charge in [0.05, 0.1) is 12.7 Å². The molecule has 1 rings (SSSR count). The fourth-order valence-corrected chi connectivity index (χ4v) is 0.540. The van der Waals surface area contributed by atoms with Gasteiger partial charge in [-0.1, -0.05) is 0 Å². The lowest BCUT2D eigenvalue weighted by Crippen LogP contribution is -2.27. The summed E-state index contributed by atoms with van der Waals surface area (Å²) in [7, 11) is 0. The molecule has 0 spiro atoms. The van der Waals surface area contributed by atoms with E-state index in [1.165, 1.54) is 12.2 Å². The van der Waals surface area contributed by atoms with E-state index in [-0.39, 0.29) is 0 Å². The van der Waals surface area contributed by atoms with E-state index in [2.05, 4.69) is 21.5 Å². The van der Waals surface area contributed by atoms with Crippen LogP contribution in [0, 0.1) is 11.5 Å². The molecule has 5 heteroatoms. The SMILES string of the molecule is CC[n+]1cc[nH]c1.N#CN=C=[N-]. The van der Waals surface area contributed by atoms with Gasteiger partial charge in [-0.25, -0.2) is 4.57 Å². The number of aromatic nitrogens is 2. The fraction of sp³-hybridized carbons (Fsp3) is 0.286. The number of nitrogens with one attached hydrogen (secondary N) is 1. The van der Waals surface area contributed by atoms with Crippen LogP contribution in [0.2, 0.25) is 0 Å². The molecule has 12 heavy (non-hydrogen) atoms. The van der Waals surface area contributed by atoms with Crippen molar-refractivity contribution in [3.05, 3.63) is 24.1 Å². The molecule has 1 heterocycles. The number of imidazole rings is 1. The molecule has 1 aromatic heterocycles. The van der Waals surface area contributed by atoms with Crippen molar-refractivity contribution in [1.29, 1.82) is 5.26 Å². The summed E-state index contributed by atoms with van der Waals surface area (Å²) in [5.41, 5.74) is 0. The van der Waals surface area contributed by atoms with Crippen molar-refractivity contribution in [2.75, 3.05) is 0 Å². The zero-order valence-electron chi connectivity index (χ0n) is 6.73. The zero-order valence-corrected chi connectivity index (χ0v) is 6.73. The van der Waals surface area contributed by atoms with Crippen LogP contribution in [0.3, 0.4) is 0 Å². The Morgan fingerprint density at radius 2 is 2.50 bits per heavy atom. The van der Waals surface area contributed by atoms with Gasteiger partial charge in [0, 0.05) is 0 Å². The van der Waals surface area contributed by atoms with E-state index >= 15 is 0 Å². The average Bonchev–Trinajstić information content (AvgIpc) is 2.58. The predicted molar refractivity (Wildman–Crippen MR) is 43.1 cm³/mol. The molecule has 0 radical (unpaired) electrons. The third-order valence-corrected chi connectivity index (χ3v) is 1.07. The molecule has 0 saturated carbocycles. The summed E-state index contributed by atoms with van der Waals surface area (Å²) in [5, 5.41) is 14.9. The van der Waals surface area contributed by atoms with Crippen LogP contribution in [-0.2, 0) is 6.54 Å². The molecule has 0 atom stereocenters. The minimum absolute atomic E-state index is 1.05. The Bertz CT molecular complexity index is 275. The van der Waals surface area contributed by atoms with Gasteiger partial charge in [0.2, 0.25) is 6.33 Å². The monoisotopic (exact) mass is 163 g/mol. The number of nitriles is 1. The summed E-state index contributed by atoms with van der Waals surface area (Å²) in [5.74, 6) is 0. The van der Waals surface area contributed by atoms with E-state index in [0.29, 0.717) is 0 Å². The van der Waals surface area contributed by atoms with Crippen LogP contribution >= 0.6 is 0 Å². The number of nitrogens with zero attached hydrogens (tertiary/aromatic N) is 4. The highest BCUT2D eigenvalue weighted by atomic mass is 15.0. The van der Waals surface area contributed by atoms with E-state index in [1.807, 2.05) is 18.7 Å². The lowest BCUT2D eigenvalue weighted by atomic mass is 10.7. The van der Waals surface area contributed by atoms with Crippen LogP contribution in [0.15, 0.2) is 23.7 Å². The number of hydrogen-bond acceptors (Lipinski definition) is 2. The third kappa shape index (κ3) is 4.91. The van der Waals surface area contributed by atoms with Gasteiger partial charge in [0.15, 0.2) is 0 Å². The highest BCUT2D eigenvalue weighted by molar-refractivity contribution is 5.46. The van der Waals surface area contributed by atoms with Crippen LogP contribution in [0.4, 0.5) is 0 Å². The summed E-state index contributed by atoms with van der Waals surface area (Å²) < 4.78 is 2.07. The Kier molecular flexibility index (Phi) is 6.04. The Labute approximate surface area is 70.5 Å². The zero-order chi connectivity index (χ0) is 9.23. The lowest BCUT2D eigenvalue weighted by molar-refractivity contribution is -0.692. The van der Waals surface area contributed by atoms with E-state index in [0.717, 1.165) is 6.54 Å². The van der Waals surface area contributed by atoms with Crippen molar-refractivity contribution < 1.29 is 4.57 Å². The molecule has 0 unspecified atom stereocenters. The van der Waals surface area contributed by atoms with E-state index in [4.69, 9.17) is 10.7 Å². The maximum absolute atomic E-state index is 7.43. The molecule has 0 aliphatic heterocycles. The first kappa shape index (κ1) is 10.1. The fourth-order valence-electron chi connectivity index (χ4n) is 0.540. The van der Waals surface area contributed by atoms with Crippen molar-refractivity contribution in [3.63, 3.8) is 0 Å². The normalized spacial score (nSPS) is 7.00. The summed E-state index contributed by atoms with van der Waals surface area (Å²) >= 11 is 0. The second-order valence-electron chi connectivity index (χ2n) is 1.75. The van der Waals surface area contributed by atoms with Gasteiger partial charge in [-0.15, -0.1) is 6.01 Å². The maximum Gasteiger partial charge on any atom is 0.241 e. The standard InChI is InChI=1S/C5H8N2.C2N3/c1-2-7-4-3-6-5-7;3-1-5-2-4/h3-5H,2H2,1H3;/q;-1/p+1. The number of aliphatic imine (C=N–C) groups is 1. The van der Waals surface area contributed by atoms with Gasteiger partial charge in [0.25, 0.3) is 0 Å². The van der Waals surface area contributed by atoms with Crippen molar-refractivity contribution in [1.82, 2.24) is 4.98 Å². The van der Waals surface area contributed by atoms with Gasteiger partial charge < -0.3 is 10.4 Å². The van der Waals surface area contributed by atoms with E-state index < -0.39 is 0 Å². The van der Waals surface area contributed by atoms with Gasteiger partial charge in [-0.3, -0.25) is 4.98 Å². The molecule has 0 fully saturated rings. The van der Waals surface area contributed by atoms with Crippen LogP contribution in [0.1, 0.15) is 6.92 Å². The number of hydrogen-bond donors (Lipinski definition) is 1. The second kappa shape index (κ2) is 7.19. The van der Waals surface area contributed by atoms with Crippen molar-refractivity contribution >= 4 is 6.01 Å². The third-order valence-electron chi connectivity index (χ3n) is 1.07. The highest BCUT2D eigenvalue weighted by Gasteiger charge is 1.85. The van der Waals surface area contributed by atoms with Gasteiger partial charge in [0.1, 0.15) is 12.4 Å². The molecule has 0 bridgehead atoms. The molecule has 0 aliphatic carbocycles. The molecule has 0 saturated heterocycles. The highest BCUT2D eigenvalue weighted by Crippen LogP contribution is 1.65. The molecule has 1 aromatic rings. The van der Waals surface area contributed by atoms with E-state index in [1.54, 1.807) is 0 Å². The average molecular weight is 163 g/mol. The number of aromatic amines is 1. The Hall–Kier alpha value is -1.92. The van der Waals surface area contributed by atoms with E-state index in [9.17, 15) is 0 Å². The molecule has 62 valence electrons. The number of H-pyrrole nitrogens is 1. The van der Waals surface area contributed by atoms with Crippen molar-refractivity contribution in [3.8, 4) is 6.19 Å². The molecular formula is C7H9N5. The maximum atomic E-state index is 7.43. The summed E-state index contributed by atoms with van der Waals surface area (Å²) in [6.07, 6.45) is 7.12. The van der Waals surface area contributed by atoms with Crippen LogP contribution in [0.25, 0.3) is 5.41 Å². The molecule has 5 nitrogen and oxygen atoms in total. The van der Waals surface area contributed by atoms with Gasteiger partial charge in [-0.2, -0.15) is 5.26 Å². The topological polar surface area (TPSA) is 78.1 Å². The molecule has 0 aliphatic rings. The van der Waals surface area contributed by atoms with Crippen LogP contribution in [-0.4, -0.2) is 11.0 Å². The Morgan fingerprint density at radius 1 is 1.75 bits per heavy atom. The minimum atomic E-state index is 1.05. The number of aryl methyl sites for hydroxylation is 1. The summed E-state index contributed by atoms with van der Waals surface area (Å²) in [4.78, 5) is 5.53. The lowest BCUT2D eigenvalue weighted by Gasteiger charge is -1.79. The Morgan fingerprint density at radius 3 is 2.67 bits per heavy atom. The van der Waals surface area contributed by atoms with Crippen molar-refractivity contribution in [2.24, 2.45) is 4.99 Å². The van der Waals surface area contributed by atoms with Gasteiger partial charge >= 0.3 is 0 Å². The largest absolute Gasteiger partial charge is 0.422 e. The minimum Gasteiger partial charge on any atom is -0.422 e. The van der Waals surface area contributed by atoms with Crippen LogP contribution < -0.4 is 4.57 Å². The number of rotatable bonds is 1. The summed E-state index contributed by atoms with van der Waals surface area (Å²) in [6, 6.07) is 1.28.